The second-order valence-corrected chi connectivity index (χ2v) is 6.92. The normalized spacial score (nSPS) is 11.9. The van der Waals surface area contributed by atoms with Crippen molar-refractivity contribution in [2.75, 3.05) is 7.05 Å². The molecule has 27 heavy (non-hydrogen) atoms. The highest BCUT2D eigenvalue weighted by molar-refractivity contribution is 6.32. The Kier molecular flexibility index (Phi) is 6.69. The summed E-state index contributed by atoms with van der Waals surface area (Å²) in [7, 11) is 1.52. The molecule has 2 rings (SSSR count). The third-order valence-electron chi connectivity index (χ3n) is 4.02. The molecule has 0 fully saturated rings. The lowest BCUT2D eigenvalue weighted by Crippen LogP contribution is -2.47. The number of amides is 2. The van der Waals surface area contributed by atoms with Crippen LogP contribution in [0.5, 0.6) is 11.5 Å². The molecule has 0 radical (unpaired) electrons. The summed E-state index contributed by atoms with van der Waals surface area (Å²) in [4.78, 5) is 26.0. The van der Waals surface area contributed by atoms with Crippen molar-refractivity contribution in [1.82, 2.24) is 4.90 Å². The van der Waals surface area contributed by atoms with Crippen LogP contribution in [0.25, 0.3) is 0 Å². The Labute approximate surface area is 163 Å². The van der Waals surface area contributed by atoms with Gasteiger partial charge in [0, 0.05) is 19.0 Å². The van der Waals surface area contributed by atoms with Gasteiger partial charge in [-0.3, -0.25) is 9.59 Å². The quantitative estimate of drug-likeness (QED) is 0.760. The van der Waals surface area contributed by atoms with E-state index in [2.05, 4.69) is 0 Å². The lowest BCUT2D eigenvalue weighted by Gasteiger charge is -2.26. The van der Waals surface area contributed by atoms with Crippen LogP contribution in [0, 0.1) is 0 Å². The van der Waals surface area contributed by atoms with Crippen molar-refractivity contribution < 1.29 is 19.4 Å². The first-order valence-corrected chi connectivity index (χ1v) is 8.87. The summed E-state index contributed by atoms with van der Waals surface area (Å²) in [5, 5.41) is 9.69. The molecule has 0 unspecified atom stereocenters. The SMILES string of the molecule is CC(C)Oc1ccc(C(=O)N(C)[C@@H](Cc2ccc(O)cc2)C(N)=O)cc1Cl. The number of ether oxygens (including phenoxy) is 1. The second-order valence-electron chi connectivity index (χ2n) is 6.52. The van der Waals surface area contributed by atoms with Gasteiger partial charge in [0.25, 0.3) is 5.91 Å². The number of phenolic OH excluding ortho intramolecular Hbond substituents is 1. The second kappa shape index (κ2) is 8.77. The minimum atomic E-state index is -0.840. The molecule has 0 aliphatic carbocycles. The Morgan fingerprint density at radius 3 is 2.33 bits per heavy atom. The number of hydrogen-bond donors (Lipinski definition) is 2. The molecule has 0 bridgehead atoms. The minimum Gasteiger partial charge on any atom is -0.508 e. The summed E-state index contributed by atoms with van der Waals surface area (Å²) in [6, 6.07) is 10.3. The standard InChI is InChI=1S/C20H23ClN2O4/c1-12(2)27-18-9-6-14(11-16(18)21)20(26)23(3)17(19(22)25)10-13-4-7-15(24)8-5-13/h4-9,11-12,17,24H,10H2,1-3H3,(H2,22,25)/t17-/m0/s1. The molecule has 0 aromatic heterocycles. The molecule has 3 N–H and O–H groups in total. The molecule has 144 valence electrons. The van der Waals surface area contributed by atoms with Crippen molar-refractivity contribution in [2.24, 2.45) is 5.73 Å². The average Bonchev–Trinajstić information content (AvgIpc) is 2.61. The molecule has 0 heterocycles. The molecule has 2 aromatic carbocycles. The van der Waals surface area contributed by atoms with E-state index < -0.39 is 11.9 Å². The first-order chi connectivity index (χ1) is 12.7. The third-order valence-corrected chi connectivity index (χ3v) is 4.32. The molecular weight excluding hydrogens is 368 g/mol. The van der Waals surface area contributed by atoms with Gasteiger partial charge in [-0.1, -0.05) is 23.7 Å². The Hall–Kier alpha value is -2.73. The van der Waals surface area contributed by atoms with E-state index in [0.717, 1.165) is 5.56 Å². The van der Waals surface area contributed by atoms with E-state index in [0.29, 0.717) is 16.3 Å². The Balaban J connectivity index is 2.20. The van der Waals surface area contributed by atoms with Crippen LogP contribution in [0.15, 0.2) is 42.5 Å². The lowest BCUT2D eigenvalue weighted by atomic mass is 10.0. The number of aromatic hydroxyl groups is 1. The number of hydrogen-bond acceptors (Lipinski definition) is 4. The zero-order valence-corrected chi connectivity index (χ0v) is 16.2. The van der Waals surface area contributed by atoms with Crippen LogP contribution in [-0.2, 0) is 11.2 Å². The summed E-state index contributed by atoms with van der Waals surface area (Å²) in [6.45, 7) is 3.76. The van der Waals surface area contributed by atoms with Gasteiger partial charge >= 0.3 is 0 Å². The van der Waals surface area contributed by atoms with Gasteiger partial charge < -0.3 is 20.5 Å². The molecule has 2 aromatic rings. The smallest absolute Gasteiger partial charge is 0.254 e. The number of rotatable bonds is 7. The number of carbonyl (C=O) groups excluding carboxylic acids is 2. The number of carbonyl (C=O) groups is 2. The number of nitrogens with zero attached hydrogens (tertiary/aromatic N) is 1. The maximum absolute atomic E-state index is 12.8. The third kappa shape index (κ3) is 5.37. The van der Waals surface area contributed by atoms with Gasteiger partial charge in [0.15, 0.2) is 0 Å². The molecule has 0 aliphatic heterocycles. The average molecular weight is 391 g/mol. The van der Waals surface area contributed by atoms with Crippen molar-refractivity contribution in [3.63, 3.8) is 0 Å². The van der Waals surface area contributed by atoms with Gasteiger partial charge in [0.05, 0.1) is 11.1 Å². The van der Waals surface area contributed by atoms with Gasteiger partial charge in [-0.15, -0.1) is 0 Å². The van der Waals surface area contributed by atoms with E-state index >= 15 is 0 Å². The molecule has 0 saturated heterocycles. The Morgan fingerprint density at radius 1 is 1.19 bits per heavy atom. The fraction of sp³-hybridized carbons (Fsp3) is 0.300. The maximum Gasteiger partial charge on any atom is 0.254 e. The summed E-state index contributed by atoms with van der Waals surface area (Å²) >= 11 is 6.20. The molecule has 7 heteroatoms. The zero-order chi connectivity index (χ0) is 20.1. The molecule has 2 amide bonds. The van der Waals surface area contributed by atoms with Crippen LogP contribution >= 0.6 is 11.6 Å². The van der Waals surface area contributed by atoms with Crippen molar-refractivity contribution in [1.29, 1.82) is 0 Å². The van der Waals surface area contributed by atoms with Crippen molar-refractivity contribution >= 4 is 23.4 Å². The van der Waals surface area contributed by atoms with Crippen LogP contribution in [0.2, 0.25) is 5.02 Å². The first-order valence-electron chi connectivity index (χ1n) is 8.49. The van der Waals surface area contributed by atoms with Crippen LogP contribution in [0.1, 0.15) is 29.8 Å². The van der Waals surface area contributed by atoms with Gasteiger partial charge in [-0.05, 0) is 49.7 Å². The monoisotopic (exact) mass is 390 g/mol. The number of phenols is 1. The molecule has 0 aliphatic rings. The van der Waals surface area contributed by atoms with E-state index in [4.69, 9.17) is 22.1 Å². The van der Waals surface area contributed by atoms with Gasteiger partial charge in [-0.25, -0.2) is 0 Å². The van der Waals surface area contributed by atoms with E-state index in [9.17, 15) is 14.7 Å². The first kappa shape index (κ1) is 20.6. The highest BCUT2D eigenvalue weighted by Gasteiger charge is 2.26. The molecule has 6 nitrogen and oxygen atoms in total. The molecular formula is C20H23ClN2O4. The predicted octanol–water partition coefficient (Wildman–Crippen LogP) is 3.00. The van der Waals surface area contributed by atoms with E-state index in [1.807, 2.05) is 13.8 Å². The van der Waals surface area contributed by atoms with Crippen LogP contribution < -0.4 is 10.5 Å². The van der Waals surface area contributed by atoms with E-state index in [1.54, 1.807) is 24.3 Å². The Bertz CT molecular complexity index is 821. The largest absolute Gasteiger partial charge is 0.508 e. The topological polar surface area (TPSA) is 92.9 Å². The minimum absolute atomic E-state index is 0.0451. The number of nitrogens with two attached hydrogens (primary N) is 1. The van der Waals surface area contributed by atoms with Crippen molar-refractivity contribution in [3.8, 4) is 11.5 Å². The van der Waals surface area contributed by atoms with Gasteiger partial charge in [0.2, 0.25) is 5.91 Å². The zero-order valence-electron chi connectivity index (χ0n) is 15.5. The number of primary amides is 1. The van der Waals surface area contributed by atoms with Crippen LogP contribution in [-0.4, -0.2) is 41.0 Å². The number of benzene rings is 2. The van der Waals surface area contributed by atoms with Crippen molar-refractivity contribution in [3.05, 3.63) is 58.6 Å². The Morgan fingerprint density at radius 2 is 1.81 bits per heavy atom. The lowest BCUT2D eigenvalue weighted by molar-refractivity contribution is -0.122. The fourth-order valence-corrected chi connectivity index (χ4v) is 2.84. The molecule has 0 saturated carbocycles. The summed E-state index contributed by atoms with van der Waals surface area (Å²) < 4.78 is 5.56. The molecule has 1 atom stereocenters. The fourth-order valence-electron chi connectivity index (χ4n) is 2.61. The van der Waals surface area contributed by atoms with E-state index in [-0.39, 0.29) is 24.2 Å². The van der Waals surface area contributed by atoms with Crippen molar-refractivity contribution in [2.45, 2.75) is 32.4 Å². The summed E-state index contributed by atoms with van der Waals surface area (Å²) in [5.41, 5.74) is 6.61. The number of halogens is 1. The number of likely N-dealkylation sites (N-methyl/N-ethyl adjacent to an activating group) is 1. The molecule has 0 spiro atoms. The highest BCUT2D eigenvalue weighted by Crippen LogP contribution is 2.27. The summed E-state index contributed by atoms with van der Waals surface area (Å²) in [6.07, 6.45) is 0.191. The highest BCUT2D eigenvalue weighted by atomic mass is 35.5. The van der Waals surface area contributed by atoms with Gasteiger partial charge in [-0.2, -0.15) is 0 Å². The van der Waals surface area contributed by atoms with Crippen LogP contribution in [0.3, 0.4) is 0 Å². The van der Waals surface area contributed by atoms with Crippen LogP contribution in [0.4, 0.5) is 0 Å². The summed E-state index contributed by atoms with van der Waals surface area (Å²) in [5.74, 6) is -0.390. The predicted molar refractivity (Wildman–Crippen MR) is 104 cm³/mol. The van der Waals surface area contributed by atoms with E-state index in [1.165, 1.54) is 30.1 Å². The van der Waals surface area contributed by atoms with Gasteiger partial charge in [0.1, 0.15) is 17.5 Å². The maximum atomic E-state index is 12.8.